The minimum atomic E-state index is 0.652. The molecule has 3 nitrogen and oxygen atoms in total. The number of nitrogens with zero attached hydrogens (tertiary/aromatic N) is 2. The zero-order chi connectivity index (χ0) is 14.1. The molecule has 0 bridgehead atoms. The highest BCUT2D eigenvalue weighted by molar-refractivity contribution is 6.30. The largest absolute Gasteiger partial charge is 0.396 e. The van der Waals surface area contributed by atoms with E-state index < -0.39 is 0 Å². The van der Waals surface area contributed by atoms with Crippen molar-refractivity contribution in [2.75, 3.05) is 5.73 Å². The molecule has 0 radical (unpaired) electrons. The molecule has 0 spiro atoms. The van der Waals surface area contributed by atoms with Crippen LogP contribution >= 0.6 is 11.6 Å². The van der Waals surface area contributed by atoms with Gasteiger partial charge in [0.2, 0.25) is 0 Å². The van der Waals surface area contributed by atoms with Gasteiger partial charge < -0.3 is 5.73 Å². The van der Waals surface area contributed by atoms with Crippen molar-refractivity contribution >= 4 is 17.3 Å². The van der Waals surface area contributed by atoms with Crippen LogP contribution in [0.25, 0.3) is 16.9 Å². The second kappa shape index (κ2) is 5.02. The number of benzene rings is 2. The molecule has 0 amide bonds. The quantitative estimate of drug-likeness (QED) is 0.770. The Hall–Kier alpha value is -2.26. The van der Waals surface area contributed by atoms with E-state index in [4.69, 9.17) is 17.3 Å². The van der Waals surface area contributed by atoms with Crippen molar-refractivity contribution < 1.29 is 0 Å². The van der Waals surface area contributed by atoms with E-state index in [0.717, 1.165) is 22.5 Å². The Balaban J connectivity index is 2.10. The Labute approximate surface area is 122 Å². The van der Waals surface area contributed by atoms with Crippen molar-refractivity contribution in [3.63, 3.8) is 0 Å². The molecule has 0 saturated carbocycles. The number of hydrogen-bond donors (Lipinski definition) is 1. The molecular weight excluding hydrogens is 270 g/mol. The van der Waals surface area contributed by atoms with Gasteiger partial charge >= 0.3 is 0 Å². The number of aromatic nitrogens is 2. The predicted octanol–water partition coefficient (Wildman–Crippen LogP) is 4.08. The lowest BCUT2D eigenvalue weighted by Gasteiger charge is -2.03. The van der Waals surface area contributed by atoms with Gasteiger partial charge in [-0.05, 0) is 30.7 Å². The van der Waals surface area contributed by atoms with E-state index >= 15 is 0 Å². The first-order valence-corrected chi connectivity index (χ1v) is 6.70. The molecular formula is C16H14ClN3. The number of halogens is 1. The van der Waals surface area contributed by atoms with Gasteiger partial charge in [0.05, 0.1) is 17.6 Å². The van der Waals surface area contributed by atoms with Gasteiger partial charge in [-0.25, -0.2) is 4.68 Å². The van der Waals surface area contributed by atoms with Crippen molar-refractivity contribution in [2.24, 2.45) is 0 Å². The van der Waals surface area contributed by atoms with Crippen molar-refractivity contribution in [1.29, 1.82) is 0 Å². The number of hydrogen-bond acceptors (Lipinski definition) is 2. The van der Waals surface area contributed by atoms with Gasteiger partial charge in [-0.15, -0.1) is 0 Å². The minimum absolute atomic E-state index is 0.652. The van der Waals surface area contributed by atoms with Crippen molar-refractivity contribution in [3.05, 3.63) is 65.3 Å². The van der Waals surface area contributed by atoms with Gasteiger partial charge in [0.25, 0.3) is 0 Å². The number of nitrogen functional groups attached to an aromatic ring is 1. The molecule has 1 aromatic heterocycles. The maximum absolute atomic E-state index is 6.10. The summed E-state index contributed by atoms with van der Waals surface area (Å²) >= 11 is 6.01. The van der Waals surface area contributed by atoms with Crippen LogP contribution in [-0.4, -0.2) is 9.78 Å². The smallest absolute Gasteiger partial charge is 0.116 e. The Morgan fingerprint density at radius 2 is 1.90 bits per heavy atom. The zero-order valence-corrected chi connectivity index (χ0v) is 11.8. The molecule has 2 N–H and O–H groups in total. The summed E-state index contributed by atoms with van der Waals surface area (Å²) in [4.78, 5) is 0. The fourth-order valence-electron chi connectivity index (χ4n) is 2.19. The number of anilines is 1. The maximum atomic E-state index is 6.10. The molecule has 3 aromatic rings. The third-order valence-electron chi connectivity index (χ3n) is 3.22. The molecule has 4 heteroatoms. The van der Waals surface area contributed by atoms with E-state index in [9.17, 15) is 0 Å². The van der Waals surface area contributed by atoms with Crippen molar-refractivity contribution in [1.82, 2.24) is 9.78 Å². The normalized spacial score (nSPS) is 10.7. The van der Waals surface area contributed by atoms with Gasteiger partial charge in [0.1, 0.15) is 5.69 Å². The molecule has 0 unspecified atom stereocenters. The first-order valence-electron chi connectivity index (χ1n) is 6.32. The number of nitrogens with two attached hydrogens (primary N) is 1. The highest BCUT2D eigenvalue weighted by Gasteiger charge is 2.11. The molecule has 3 rings (SSSR count). The Bertz CT molecular complexity index is 762. The summed E-state index contributed by atoms with van der Waals surface area (Å²) in [6.07, 6.45) is 1.81. The predicted molar refractivity (Wildman–Crippen MR) is 83.2 cm³/mol. The second-order valence-electron chi connectivity index (χ2n) is 4.67. The topological polar surface area (TPSA) is 43.8 Å². The summed E-state index contributed by atoms with van der Waals surface area (Å²) < 4.78 is 1.75. The van der Waals surface area contributed by atoms with Gasteiger partial charge in [0, 0.05) is 10.6 Å². The van der Waals surface area contributed by atoms with Gasteiger partial charge in [-0.1, -0.05) is 41.9 Å². The minimum Gasteiger partial charge on any atom is -0.396 e. The van der Waals surface area contributed by atoms with E-state index in [-0.39, 0.29) is 0 Å². The Kier molecular flexibility index (Phi) is 3.20. The zero-order valence-electron chi connectivity index (χ0n) is 11.0. The summed E-state index contributed by atoms with van der Waals surface area (Å²) in [5, 5.41) is 5.26. The molecule has 100 valence electrons. The first kappa shape index (κ1) is 12.8. The van der Waals surface area contributed by atoms with Crippen LogP contribution in [-0.2, 0) is 0 Å². The summed E-state index contributed by atoms with van der Waals surface area (Å²) in [6.45, 7) is 2.05. The van der Waals surface area contributed by atoms with Crippen LogP contribution in [0, 0.1) is 6.92 Å². The highest BCUT2D eigenvalue weighted by atomic mass is 35.5. The average Bonchev–Trinajstić information content (AvgIpc) is 2.81. The standard InChI is InChI=1S/C16H14ClN3/c1-11-5-2-3-8-14(11)16-15(18)10-20(19-16)13-7-4-6-12(17)9-13/h2-10H,18H2,1H3. The third-order valence-corrected chi connectivity index (χ3v) is 3.45. The number of rotatable bonds is 2. The van der Waals surface area contributed by atoms with Crippen LogP contribution in [0.3, 0.4) is 0 Å². The van der Waals surface area contributed by atoms with E-state index in [0.29, 0.717) is 10.7 Å². The van der Waals surface area contributed by atoms with Crippen LogP contribution in [0.1, 0.15) is 5.56 Å². The van der Waals surface area contributed by atoms with Crippen LogP contribution in [0.5, 0.6) is 0 Å². The number of aryl methyl sites for hydroxylation is 1. The molecule has 2 aromatic carbocycles. The van der Waals surface area contributed by atoms with Crippen molar-refractivity contribution in [2.45, 2.75) is 6.92 Å². The Morgan fingerprint density at radius 3 is 2.65 bits per heavy atom. The lowest BCUT2D eigenvalue weighted by atomic mass is 10.1. The average molecular weight is 284 g/mol. The SMILES string of the molecule is Cc1ccccc1-c1nn(-c2cccc(Cl)c2)cc1N. The van der Waals surface area contributed by atoms with Gasteiger partial charge in [0.15, 0.2) is 0 Å². The van der Waals surface area contributed by atoms with E-state index in [1.165, 1.54) is 0 Å². The lowest BCUT2D eigenvalue weighted by Crippen LogP contribution is -1.95. The van der Waals surface area contributed by atoms with E-state index in [1.54, 1.807) is 4.68 Å². The highest BCUT2D eigenvalue weighted by Crippen LogP contribution is 2.28. The third kappa shape index (κ3) is 2.28. The molecule has 0 aliphatic rings. The lowest BCUT2D eigenvalue weighted by molar-refractivity contribution is 0.884. The van der Waals surface area contributed by atoms with E-state index in [2.05, 4.69) is 5.10 Å². The summed E-state index contributed by atoms with van der Waals surface area (Å²) in [6, 6.07) is 15.6. The fourth-order valence-corrected chi connectivity index (χ4v) is 2.37. The second-order valence-corrected chi connectivity index (χ2v) is 5.11. The van der Waals surface area contributed by atoms with Crippen LogP contribution < -0.4 is 5.73 Å². The van der Waals surface area contributed by atoms with Gasteiger partial charge in [-0.2, -0.15) is 5.10 Å². The van der Waals surface area contributed by atoms with Crippen LogP contribution in [0.4, 0.5) is 5.69 Å². The van der Waals surface area contributed by atoms with Crippen molar-refractivity contribution in [3.8, 4) is 16.9 Å². The monoisotopic (exact) mass is 283 g/mol. The summed E-state index contributed by atoms with van der Waals surface area (Å²) in [5.41, 5.74) is 10.6. The molecule has 0 atom stereocenters. The molecule has 0 saturated heterocycles. The molecule has 0 aliphatic carbocycles. The molecule has 0 fully saturated rings. The van der Waals surface area contributed by atoms with Crippen LogP contribution in [0.2, 0.25) is 5.02 Å². The molecule has 0 aliphatic heterocycles. The first-order chi connectivity index (χ1) is 9.65. The van der Waals surface area contributed by atoms with Crippen LogP contribution in [0.15, 0.2) is 54.7 Å². The van der Waals surface area contributed by atoms with E-state index in [1.807, 2.05) is 61.7 Å². The summed E-state index contributed by atoms with van der Waals surface area (Å²) in [7, 11) is 0. The summed E-state index contributed by atoms with van der Waals surface area (Å²) in [5.74, 6) is 0. The Morgan fingerprint density at radius 1 is 1.10 bits per heavy atom. The maximum Gasteiger partial charge on any atom is 0.116 e. The molecule has 1 heterocycles. The fraction of sp³-hybridized carbons (Fsp3) is 0.0625. The molecule has 20 heavy (non-hydrogen) atoms. The van der Waals surface area contributed by atoms with Gasteiger partial charge in [-0.3, -0.25) is 0 Å².